The molecule has 1 aromatic rings. The van der Waals surface area contributed by atoms with Crippen LogP contribution in [0.1, 0.15) is 39.2 Å². The Bertz CT molecular complexity index is 308. The first kappa shape index (κ1) is 12.0. The lowest BCUT2D eigenvalue weighted by Crippen LogP contribution is -2.07. The van der Waals surface area contributed by atoms with E-state index < -0.39 is 0 Å². The van der Waals surface area contributed by atoms with Gasteiger partial charge in [0.25, 0.3) is 0 Å². The van der Waals surface area contributed by atoms with E-state index in [1.807, 2.05) is 6.07 Å². The normalized spacial score (nSPS) is 10.7. The van der Waals surface area contributed by atoms with E-state index in [4.69, 9.17) is 0 Å². The van der Waals surface area contributed by atoms with Gasteiger partial charge in [-0.15, -0.1) is 0 Å². The molecule has 0 aliphatic heterocycles. The summed E-state index contributed by atoms with van der Waals surface area (Å²) in [6.45, 7) is 9.48. The highest BCUT2D eigenvalue weighted by Gasteiger charge is 2.05. The maximum absolute atomic E-state index is 4.52. The predicted octanol–water partition coefficient (Wildman–Crippen LogP) is 2.67. The van der Waals surface area contributed by atoms with Gasteiger partial charge in [0.05, 0.1) is 0 Å². The van der Waals surface area contributed by atoms with Gasteiger partial charge in [0, 0.05) is 24.7 Å². The van der Waals surface area contributed by atoms with E-state index in [1.165, 1.54) is 0 Å². The smallest absolute Gasteiger partial charge is 0.131 e. The molecule has 0 spiro atoms. The van der Waals surface area contributed by atoms with Crippen LogP contribution in [0.4, 0.5) is 5.82 Å². The molecule has 0 saturated carbocycles. The third-order valence-electron chi connectivity index (χ3n) is 2.14. The molecular formula is C12H21N3. The van der Waals surface area contributed by atoms with E-state index in [1.54, 1.807) is 0 Å². The first-order valence-corrected chi connectivity index (χ1v) is 5.76. The van der Waals surface area contributed by atoms with Gasteiger partial charge in [0.2, 0.25) is 0 Å². The molecule has 1 heterocycles. The van der Waals surface area contributed by atoms with Gasteiger partial charge in [-0.2, -0.15) is 0 Å². The Morgan fingerprint density at radius 1 is 1.27 bits per heavy atom. The Balaban J connectivity index is 2.89. The number of hydrogen-bond acceptors (Lipinski definition) is 3. The molecule has 0 saturated heterocycles. The van der Waals surface area contributed by atoms with Gasteiger partial charge in [0.1, 0.15) is 11.6 Å². The Morgan fingerprint density at radius 2 is 2.00 bits per heavy atom. The van der Waals surface area contributed by atoms with Crippen molar-refractivity contribution in [2.24, 2.45) is 5.92 Å². The van der Waals surface area contributed by atoms with E-state index in [-0.39, 0.29) is 0 Å². The van der Waals surface area contributed by atoms with Crippen molar-refractivity contribution >= 4 is 5.82 Å². The van der Waals surface area contributed by atoms with Crippen molar-refractivity contribution < 1.29 is 0 Å². The van der Waals surface area contributed by atoms with Crippen LogP contribution in [-0.2, 0) is 12.8 Å². The van der Waals surface area contributed by atoms with Crippen LogP contribution in [0.2, 0.25) is 0 Å². The molecule has 0 amide bonds. The fourth-order valence-corrected chi connectivity index (χ4v) is 1.46. The van der Waals surface area contributed by atoms with Crippen LogP contribution < -0.4 is 5.32 Å². The van der Waals surface area contributed by atoms with E-state index in [0.29, 0.717) is 5.92 Å². The SMILES string of the molecule is CCNc1cc(CC)nc(CC(C)C)n1. The van der Waals surface area contributed by atoms with Gasteiger partial charge in [-0.1, -0.05) is 20.8 Å². The van der Waals surface area contributed by atoms with Crippen LogP contribution in [0.5, 0.6) is 0 Å². The lowest BCUT2D eigenvalue weighted by atomic mass is 10.1. The number of aryl methyl sites for hydroxylation is 1. The summed E-state index contributed by atoms with van der Waals surface area (Å²) < 4.78 is 0. The monoisotopic (exact) mass is 207 g/mol. The molecule has 0 aromatic carbocycles. The summed E-state index contributed by atoms with van der Waals surface area (Å²) >= 11 is 0. The van der Waals surface area contributed by atoms with Gasteiger partial charge in [-0.25, -0.2) is 9.97 Å². The second-order valence-corrected chi connectivity index (χ2v) is 4.14. The Kier molecular flexibility index (Phi) is 4.53. The summed E-state index contributed by atoms with van der Waals surface area (Å²) in [6, 6.07) is 2.04. The third-order valence-corrected chi connectivity index (χ3v) is 2.14. The van der Waals surface area contributed by atoms with Crippen LogP contribution in [0.25, 0.3) is 0 Å². The van der Waals surface area contributed by atoms with E-state index >= 15 is 0 Å². The molecule has 84 valence electrons. The molecule has 0 aliphatic rings. The lowest BCUT2D eigenvalue weighted by Gasteiger charge is -2.09. The summed E-state index contributed by atoms with van der Waals surface area (Å²) in [5, 5.41) is 3.24. The summed E-state index contributed by atoms with van der Waals surface area (Å²) in [5.41, 5.74) is 1.12. The number of nitrogens with one attached hydrogen (secondary N) is 1. The fourth-order valence-electron chi connectivity index (χ4n) is 1.46. The van der Waals surface area contributed by atoms with Crippen molar-refractivity contribution in [3.8, 4) is 0 Å². The van der Waals surface area contributed by atoms with Crippen molar-refractivity contribution in [2.75, 3.05) is 11.9 Å². The van der Waals surface area contributed by atoms with Gasteiger partial charge < -0.3 is 5.32 Å². The highest BCUT2D eigenvalue weighted by atomic mass is 15.0. The van der Waals surface area contributed by atoms with Crippen LogP contribution >= 0.6 is 0 Å². The Morgan fingerprint density at radius 3 is 2.53 bits per heavy atom. The van der Waals surface area contributed by atoms with Gasteiger partial charge in [0.15, 0.2) is 0 Å². The zero-order chi connectivity index (χ0) is 11.3. The molecule has 1 rings (SSSR count). The number of aromatic nitrogens is 2. The third kappa shape index (κ3) is 3.86. The summed E-state index contributed by atoms with van der Waals surface area (Å²) in [5.74, 6) is 2.52. The second-order valence-electron chi connectivity index (χ2n) is 4.14. The quantitative estimate of drug-likeness (QED) is 0.806. The standard InChI is InChI=1S/C12H21N3/c1-5-10-8-11(13-6-2)15-12(14-10)7-9(3)4/h8-9H,5-7H2,1-4H3,(H,13,14,15). The van der Waals surface area contributed by atoms with E-state index in [9.17, 15) is 0 Å². The molecule has 0 aliphatic carbocycles. The zero-order valence-electron chi connectivity index (χ0n) is 10.2. The average Bonchev–Trinajstić information content (AvgIpc) is 2.16. The molecule has 0 bridgehead atoms. The summed E-state index contributed by atoms with van der Waals surface area (Å²) in [4.78, 5) is 9.01. The lowest BCUT2D eigenvalue weighted by molar-refractivity contribution is 0.618. The minimum atomic E-state index is 0.603. The summed E-state index contributed by atoms with van der Waals surface area (Å²) in [7, 11) is 0. The molecule has 0 atom stereocenters. The largest absolute Gasteiger partial charge is 0.370 e. The van der Waals surface area contributed by atoms with E-state index in [2.05, 4.69) is 43.0 Å². The topological polar surface area (TPSA) is 37.8 Å². The van der Waals surface area contributed by atoms with Crippen LogP contribution in [0.3, 0.4) is 0 Å². The highest BCUT2D eigenvalue weighted by Crippen LogP contribution is 2.10. The van der Waals surface area contributed by atoms with Gasteiger partial charge in [-0.3, -0.25) is 0 Å². The van der Waals surface area contributed by atoms with Crippen LogP contribution in [0.15, 0.2) is 6.07 Å². The van der Waals surface area contributed by atoms with E-state index in [0.717, 1.165) is 36.7 Å². The minimum Gasteiger partial charge on any atom is -0.370 e. The van der Waals surface area contributed by atoms with Crippen molar-refractivity contribution in [3.05, 3.63) is 17.6 Å². The Hall–Kier alpha value is -1.12. The molecular weight excluding hydrogens is 186 g/mol. The molecule has 0 radical (unpaired) electrons. The molecule has 1 N–H and O–H groups in total. The number of rotatable bonds is 5. The predicted molar refractivity (Wildman–Crippen MR) is 64.1 cm³/mol. The Labute approximate surface area is 92.3 Å². The molecule has 3 heteroatoms. The molecule has 0 unspecified atom stereocenters. The average molecular weight is 207 g/mol. The first-order valence-electron chi connectivity index (χ1n) is 5.76. The molecule has 1 aromatic heterocycles. The molecule has 0 fully saturated rings. The van der Waals surface area contributed by atoms with Crippen molar-refractivity contribution in [1.82, 2.24) is 9.97 Å². The van der Waals surface area contributed by atoms with Crippen LogP contribution in [0, 0.1) is 5.92 Å². The molecule has 15 heavy (non-hydrogen) atoms. The maximum Gasteiger partial charge on any atom is 0.131 e. The minimum absolute atomic E-state index is 0.603. The van der Waals surface area contributed by atoms with Crippen molar-refractivity contribution in [3.63, 3.8) is 0 Å². The number of anilines is 1. The molecule has 3 nitrogen and oxygen atoms in total. The maximum atomic E-state index is 4.52. The van der Waals surface area contributed by atoms with Crippen molar-refractivity contribution in [1.29, 1.82) is 0 Å². The zero-order valence-corrected chi connectivity index (χ0v) is 10.2. The second kappa shape index (κ2) is 5.69. The summed E-state index contributed by atoms with van der Waals surface area (Å²) in [6.07, 6.45) is 1.91. The fraction of sp³-hybridized carbons (Fsp3) is 0.667. The highest BCUT2D eigenvalue weighted by molar-refractivity contribution is 5.35. The van der Waals surface area contributed by atoms with Crippen molar-refractivity contribution in [2.45, 2.75) is 40.5 Å². The van der Waals surface area contributed by atoms with Crippen LogP contribution in [-0.4, -0.2) is 16.5 Å². The first-order chi connectivity index (χ1) is 7.15. The number of hydrogen-bond donors (Lipinski definition) is 1. The van der Waals surface area contributed by atoms with Gasteiger partial charge in [-0.05, 0) is 19.3 Å². The van der Waals surface area contributed by atoms with Gasteiger partial charge >= 0.3 is 0 Å². The number of nitrogens with zero attached hydrogens (tertiary/aromatic N) is 2.